The van der Waals surface area contributed by atoms with Crippen molar-refractivity contribution in [1.82, 2.24) is 9.80 Å². The first-order valence-electron chi connectivity index (χ1n) is 11.4. The van der Waals surface area contributed by atoms with Crippen LogP contribution in [0.1, 0.15) is 31.9 Å². The third-order valence-corrected chi connectivity index (χ3v) is 5.79. The van der Waals surface area contributed by atoms with Gasteiger partial charge in [-0.3, -0.25) is 9.69 Å². The number of hydrogen-bond donors (Lipinski definition) is 1. The molecule has 1 N–H and O–H groups in total. The largest absolute Gasteiger partial charge is 0.508 e. The van der Waals surface area contributed by atoms with Gasteiger partial charge in [-0.1, -0.05) is 29.8 Å². The molecule has 0 spiro atoms. The molecule has 2 aromatic rings. The van der Waals surface area contributed by atoms with Crippen LogP contribution < -0.4 is 4.90 Å². The van der Waals surface area contributed by atoms with Gasteiger partial charge in [0.2, 0.25) is 5.91 Å². The summed E-state index contributed by atoms with van der Waals surface area (Å²) in [6, 6.07) is 14.4. The number of phenols is 1. The van der Waals surface area contributed by atoms with Crippen LogP contribution in [0.2, 0.25) is 0 Å². The fraction of sp³-hybridized carbons (Fsp3) is 0.462. The number of piperazine rings is 1. The first-order chi connectivity index (χ1) is 15.5. The lowest BCUT2D eigenvalue weighted by Crippen LogP contribution is -2.56. The van der Waals surface area contributed by atoms with E-state index in [0.29, 0.717) is 19.5 Å². The number of carbonyl (C=O) groups is 2. The molecule has 1 aliphatic heterocycles. The zero-order valence-corrected chi connectivity index (χ0v) is 20.2. The first kappa shape index (κ1) is 24.4. The zero-order chi connectivity index (χ0) is 24.2. The molecule has 1 fully saturated rings. The second kappa shape index (κ2) is 10.1. The van der Waals surface area contributed by atoms with Crippen LogP contribution in [0.15, 0.2) is 48.5 Å². The summed E-state index contributed by atoms with van der Waals surface area (Å²) in [5.74, 6) is 0.0642. The minimum atomic E-state index is -0.699. The predicted molar refractivity (Wildman–Crippen MR) is 130 cm³/mol. The van der Waals surface area contributed by atoms with Crippen molar-refractivity contribution >= 4 is 17.7 Å². The van der Waals surface area contributed by atoms with Crippen molar-refractivity contribution in [2.24, 2.45) is 0 Å². The SMILES string of the molecule is Cc1ccc(N2CCN(C(=O)[C@H](Cc3ccc(O)cc3)N(C)C(=O)OC(C)(C)C)CC2)cc1. The number of ether oxygens (including phenoxy) is 1. The van der Waals surface area contributed by atoms with E-state index >= 15 is 0 Å². The normalized spacial score (nSPS) is 15.2. The van der Waals surface area contributed by atoms with E-state index in [9.17, 15) is 14.7 Å². The van der Waals surface area contributed by atoms with Crippen molar-refractivity contribution in [2.75, 3.05) is 38.1 Å². The van der Waals surface area contributed by atoms with Gasteiger partial charge in [0.15, 0.2) is 0 Å². The fourth-order valence-electron chi connectivity index (χ4n) is 3.86. The molecule has 7 nitrogen and oxygen atoms in total. The Morgan fingerprint density at radius 1 is 1.00 bits per heavy atom. The van der Waals surface area contributed by atoms with Crippen molar-refractivity contribution in [3.63, 3.8) is 0 Å². The molecule has 0 aromatic heterocycles. The maximum atomic E-state index is 13.6. The minimum Gasteiger partial charge on any atom is -0.508 e. The van der Waals surface area contributed by atoms with Gasteiger partial charge in [0, 0.05) is 45.3 Å². The molecule has 1 aliphatic rings. The van der Waals surface area contributed by atoms with E-state index in [1.165, 1.54) is 10.5 Å². The minimum absolute atomic E-state index is 0.0972. The molecule has 2 aromatic carbocycles. The third-order valence-electron chi connectivity index (χ3n) is 5.79. The quantitative estimate of drug-likeness (QED) is 0.745. The second-order valence-corrected chi connectivity index (χ2v) is 9.63. The molecule has 0 radical (unpaired) electrons. The monoisotopic (exact) mass is 453 g/mol. The van der Waals surface area contributed by atoms with E-state index < -0.39 is 17.7 Å². The molecule has 0 saturated carbocycles. The average Bonchev–Trinajstić information content (AvgIpc) is 2.77. The topological polar surface area (TPSA) is 73.3 Å². The molecule has 1 saturated heterocycles. The Hall–Kier alpha value is -3.22. The van der Waals surface area contributed by atoms with Gasteiger partial charge in [0.05, 0.1) is 0 Å². The molecule has 0 unspecified atom stereocenters. The fourth-order valence-corrected chi connectivity index (χ4v) is 3.86. The Morgan fingerprint density at radius 2 is 1.58 bits per heavy atom. The van der Waals surface area contributed by atoms with Gasteiger partial charge in [0.25, 0.3) is 0 Å². The Balaban J connectivity index is 1.73. The van der Waals surface area contributed by atoms with E-state index in [-0.39, 0.29) is 11.7 Å². The van der Waals surface area contributed by atoms with Gasteiger partial charge >= 0.3 is 6.09 Å². The summed E-state index contributed by atoms with van der Waals surface area (Å²) in [6.07, 6.45) is -0.189. The summed E-state index contributed by atoms with van der Waals surface area (Å²) in [6.45, 7) is 10.1. The van der Waals surface area contributed by atoms with E-state index in [2.05, 4.69) is 36.1 Å². The number of aromatic hydroxyl groups is 1. The van der Waals surface area contributed by atoms with E-state index in [1.54, 1.807) is 52.1 Å². The van der Waals surface area contributed by atoms with Gasteiger partial charge < -0.3 is 19.6 Å². The van der Waals surface area contributed by atoms with Gasteiger partial charge in [-0.15, -0.1) is 0 Å². The predicted octanol–water partition coefficient (Wildman–Crippen LogP) is 3.83. The number of aryl methyl sites for hydroxylation is 1. The molecule has 0 aliphatic carbocycles. The molecule has 3 rings (SSSR count). The average molecular weight is 454 g/mol. The standard InChI is InChI=1S/C26H35N3O4/c1-19-6-10-21(11-7-19)28-14-16-29(17-15-28)24(31)23(18-20-8-12-22(30)13-9-20)27(5)25(32)33-26(2,3)4/h6-13,23,30H,14-18H2,1-5H3/t23-/m0/s1. The van der Waals surface area contributed by atoms with E-state index in [4.69, 9.17) is 4.74 Å². The Kier molecular flexibility index (Phi) is 7.51. The van der Waals surface area contributed by atoms with Crippen LogP contribution in [-0.4, -0.2) is 71.8 Å². The highest BCUT2D eigenvalue weighted by Crippen LogP contribution is 2.20. The third kappa shape index (κ3) is 6.63. The maximum Gasteiger partial charge on any atom is 0.410 e. The molecular formula is C26H35N3O4. The van der Waals surface area contributed by atoms with Gasteiger partial charge in [-0.05, 0) is 57.5 Å². The van der Waals surface area contributed by atoms with E-state index in [0.717, 1.165) is 24.3 Å². The van der Waals surface area contributed by atoms with Crippen molar-refractivity contribution < 1.29 is 19.4 Å². The zero-order valence-electron chi connectivity index (χ0n) is 20.2. The van der Waals surface area contributed by atoms with E-state index in [1.807, 2.05) is 4.90 Å². The molecular weight excluding hydrogens is 418 g/mol. The van der Waals surface area contributed by atoms with Crippen molar-refractivity contribution in [3.05, 3.63) is 59.7 Å². The van der Waals surface area contributed by atoms with Crippen LogP contribution in [0.5, 0.6) is 5.75 Å². The number of rotatable bonds is 5. The molecule has 33 heavy (non-hydrogen) atoms. The Labute approximate surface area is 196 Å². The van der Waals surface area contributed by atoms with Crippen LogP contribution in [0.25, 0.3) is 0 Å². The van der Waals surface area contributed by atoms with Crippen LogP contribution in [0.4, 0.5) is 10.5 Å². The van der Waals surface area contributed by atoms with Crippen LogP contribution in [-0.2, 0) is 16.0 Å². The summed E-state index contributed by atoms with van der Waals surface area (Å²) < 4.78 is 5.53. The lowest BCUT2D eigenvalue weighted by molar-refractivity contribution is -0.136. The van der Waals surface area contributed by atoms with Crippen LogP contribution in [0, 0.1) is 6.92 Å². The number of anilines is 1. The number of benzene rings is 2. The molecule has 1 heterocycles. The number of nitrogens with zero attached hydrogens (tertiary/aromatic N) is 3. The highest BCUT2D eigenvalue weighted by molar-refractivity contribution is 5.86. The summed E-state index contributed by atoms with van der Waals surface area (Å²) in [7, 11) is 1.61. The molecule has 2 amide bonds. The highest BCUT2D eigenvalue weighted by Gasteiger charge is 2.34. The van der Waals surface area contributed by atoms with Crippen molar-refractivity contribution in [2.45, 2.75) is 45.8 Å². The number of likely N-dealkylation sites (N-methyl/N-ethyl adjacent to an activating group) is 1. The lowest BCUT2D eigenvalue weighted by atomic mass is 10.0. The molecule has 178 valence electrons. The molecule has 1 atom stereocenters. The maximum absolute atomic E-state index is 13.6. The van der Waals surface area contributed by atoms with Gasteiger partial charge in [0.1, 0.15) is 17.4 Å². The number of amides is 2. The van der Waals surface area contributed by atoms with Gasteiger partial charge in [-0.2, -0.15) is 0 Å². The van der Waals surface area contributed by atoms with Crippen LogP contribution in [0.3, 0.4) is 0 Å². The van der Waals surface area contributed by atoms with Crippen molar-refractivity contribution in [1.29, 1.82) is 0 Å². The van der Waals surface area contributed by atoms with Crippen molar-refractivity contribution in [3.8, 4) is 5.75 Å². The summed E-state index contributed by atoms with van der Waals surface area (Å²) in [4.78, 5) is 31.9. The second-order valence-electron chi connectivity index (χ2n) is 9.63. The van der Waals surface area contributed by atoms with Gasteiger partial charge in [-0.25, -0.2) is 4.79 Å². The summed E-state index contributed by atoms with van der Waals surface area (Å²) in [5.41, 5.74) is 2.57. The summed E-state index contributed by atoms with van der Waals surface area (Å²) >= 11 is 0. The first-order valence-corrected chi connectivity index (χ1v) is 11.4. The summed E-state index contributed by atoms with van der Waals surface area (Å²) in [5, 5.41) is 9.60. The molecule has 0 bridgehead atoms. The van der Waals surface area contributed by atoms with Crippen LogP contribution >= 0.6 is 0 Å². The molecule has 7 heteroatoms. The highest BCUT2D eigenvalue weighted by atomic mass is 16.6. The number of hydrogen-bond acceptors (Lipinski definition) is 5. The Bertz CT molecular complexity index is 943. The number of carbonyl (C=O) groups excluding carboxylic acids is 2. The smallest absolute Gasteiger partial charge is 0.410 e. The Morgan fingerprint density at radius 3 is 2.12 bits per heavy atom. The number of phenolic OH excluding ortho intramolecular Hbond substituents is 1. The lowest BCUT2D eigenvalue weighted by Gasteiger charge is -2.39.